The van der Waals surface area contributed by atoms with Gasteiger partial charge in [-0.25, -0.2) is 0 Å². The van der Waals surface area contributed by atoms with Crippen LogP contribution in [0, 0.1) is 18.3 Å². The van der Waals surface area contributed by atoms with Crippen molar-refractivity contribution in [1.29, 1.82) is 5.26 Å². The molecule has 1 aromatic heterocycles. The van der Waals surface area contributed by atoms with E-state index in [1.807, 2.05) is 20.9 Å². The molecule has 1 heterocycles. The van der Waals surface area contributed by atoms with Crippen LogP contribution in [0.1, 0.15) is 18.2 Å². The van der Waals surface area contributed by atoms with Gasteiger partial charge in [-0.2, -0.15) is 10.4 Å². The average Bonchev–Trinajstić information content (AvgIpc) is 2.28. The van der Waals surface area contributed by atoms with Gasteiger partial charge in [0.15, 0.2) is 0 Å². The second kappa shape index (κ2) is 3.26. The van der Waals surface area contributed by atoms with E-state index in [0.29, 0.717) is 5.56 Å². The zero-order valence-corrected chi connectivity index (χ0v) is 7.55. The van der Waals surface area contributed by atoms with E-state index in [2.05, 4.69) is 16.5 Å². The van der Waals surface area contributed by atoms with Crippen LogP contribution in [-0.2, 0) is 7.05 Å². The van der Waals surface area contributed by atoms with E-state index in [1.54, 1.807) is 4.68 Å². The topological polar surface area (TPSA) is 53.6 Å². The van der Waals surface area contributed by atoms with Gasteiger partial charge in [0, 0.05) is 13.6 Å². The highest BCUT2D eigenvalue weighted by molar-refractivity contribution is 5.54. The van der Waals surface area contributed by atoms with Crippen molar-refractivity contribution in [1.82, 2.24) is 9.78 Å². The van der Waals surface area contributed by atoms with Gasteiger partial charge < -0.3 is 5.32 Å². The van der Waals surface area contributed by atoms with Gasteiger partial charge in [-0.1, -0.05) is 0 Å². The fraction of sp³-hybridized carbons (Fsp3) is 0.500. The molecule has 0 unspecified atom stereocenters. The predicted octanol–water partition coefficient (Wildman–Crippen LogP) is 1.03. The molecule has 0 saturated heterocycles. The van der Waals surface area contributed by atoms with Crippen molar-refractivity contribution in [3.8, 4) is 6.07 Å². The molecule has 1 aromatic rings. The molecule has 0 atom stereocenters. The van der Waals surface area contributed by atoms with Crippen molar-refractivity contribution in [2.24, 2.45) is 7.05 Å². The smallest absolute Gasteiger partial charge is 0.142 e. The van der Waals surface area contributed by atoms with Gasteiger partial charge >= 0.3 is 0 Å². The molecular formula is C8H12N4. The lowest BCUT2D eigenvalue weighted by Gasteiger charge is -2.02. The average molecular weight is 164 g/mol. The summed E-state index contributed by atoms with van der Waals surface area (Å²) in [6.45, 7) is 4.62. The van der Waals surface area contributed by atoms with E-state index in [4.69, 9.17) is 5.26 Å². The van der Waals surface area contributed by atoms with Crippen LogP contribution in [0.15, 0.2) is 0 Å². The lowest BCUT2D eigenvalue weighted by molar-refractivity contribution is 0.760. The minimum Gasteiger partial charge on any atom is -0.369 e. The molecule has 1 rings (SSSR count). The van der Waals surface area contributed by atoms with Crippen molar-refractivity contribution in [2.75, 3.05) is 11.9 Å². The van der Waals surface area contributed by atoms with Crippen LogP contribution in [0.3, 0.4) is 0 Å². The Labute approximate surface area is 71.8 Å². The first-order valence-corrected chi connectivity index (χ1v) is 3.88. The number of aryl methyl sites for hydroxylation is 2. The molecule has 0 bridgehead atoms. The highest BCUT2D eigenvalue weighted by Gasteiger charge is 2.10. The van der Waals surface area contributed by atoms with Crippen molar-refractivity contribution < 1.29 is 0 Å². The Morgan fingerprint density at radius 2 is 2.33 bits per heavy atom. The largest absolute Gasteiger partial charge is 0.369 e. The van der Waals surface area contributed by atoms with E-state index in [0.717, 1.165) is 18.1 Å². The van der Waals surface area contributed by atoms with Crippen LogP contribution < -0.4 is 5.32 Å². The lowest BCUT2D eigenvalue weighted by atomic mass is 10.2. The molecule has 0 aliphatic heterocycles. The third-order valence-corrected chi connectivity index (χ3v) is 1.68. The third kappa shape index (κ3) is 1.26. The molecular weight excluding hydrogens is 152 g/mol. The first kappa shape index (κ1) is 8.60. The summed E-state index contributed by atoms with van der Waals surface area (Å²) in [6.07, 6.45) is 0. The lowest BCUT2D eigenvalue weighted by Crippen LogP contribution is -2.04. The van der Waals surface area contributed by atoms with E-state index < -0.39 is 0 Å². The summed E-state index contributed by atoms with van der Waals surface area (Å²) in [5.41, 5.74) is 1.41. The number of nitriles is 1. The van der Waals surface area contributed by atoms with E-state index in [9.17, 15) is 0 Å². The standard InChI is InChI=1S/C8H12N4/c1-4-10-8-7(5-9)6(2)11-12(8)3/h10H,4H2,1-3H3. The Morgan fingerprint density at radius 3 is 2.83 bits per heavy atom. The fourth-order valence-corrected chi connectivity index (χ4v) is 1.16. The summed E-state index contributed by atoms with van der Waals surface area (Å²) in [5, 5.41) is 16.0. The Balaban J connectivity index is 3.16. The Morgan fingerprint density at radius 1 is 1.67 bits per heavy atom. The number of hydrogen-bond donors (Lipinski definition) is 1. The van der Waals surface area contributed by atoms with Gasteiger partial charge in [0.2, 0.25) is 0 Å². The fourth-order valence-electron chi connectivity index (χ4n) is 1.16. The first-order chi connectivity index (χ1) is 5.70. The third-order valence-electron chi connectivity index (χ3n) is 1.68. The summed E-state index contributed by atoms with van der Waals surface area (Å²) >= 11 is 0. The van der Waals surface area contributed by atoms with Crippen LogP contribution in [0.4, 0.5) is 5.82 Å². The van der Waals surface area contributed by atoms with Crippen LogP contribution in [0.25, 0.3) is 0 Å². The molecule has 0 fully saturated rings. The zero-order chi connectivity index (χ0) is 9.14. The number of hydrogen-bond acceptors (Lipinski definition) is 3. The van der Waals surface area contributed by atoms with Crippen molar-refractivity contribution in [3.63, 3.8) is 0 Å². The maximum absolute atomic E-state index is 8.80. The van der Waals surface area contributed by atoms with E-state index in [-0.39, 0.29) is 0 Å². The molecule has 12 heavy (non-hydrogen) atoms. The molecule has 0 amide bonds. The molecule has 1 N–H and O–H groups in total. The maximum atomic E-state index is 8.80. The second-order valence-electron chi connectivity index (χ2n) is 2.57. The summed E-state index contributed by atoms with van der Waals surface area (Å²) in [5.74, 6) is 0.803. The predicted molar refractivity (Wildman–Crippen MR) is 46.8 cm³/mol. The molecule has 0 aliphatic carbocycles. The molecule has 0 radical (unpaired) electrons. The number of aromatic nitrogens is 2. The molecule has 0 aliphatic rings. The number of nitrogens with zero attached hydrogens (tertiary/aromatic N) is 3. The molecule has 64 valence electrons. The normalized spacial score (nSPS) is 9.50. The summed E-state index contributed by atoms with van der Waals surface area (Å²) < 4.78 is 1.69. The zero-order valence-electron chi connectivity index (χ0n) is 7.55. The van der Waals surface area contributed by atoms with Crippen molar-refractivity contribution >= 4 is 5.82 Å². The SMILES string of the molecule is CCNc1c(C#N)c(C)nn1C. The highest BCUT2D eigenvalue weighted by Crippen LogP contribution is 2.16. The molecule has 0 saturated carbocycles. The number of anilines is 1. The molecule has 0 aromatic carbocycles. The van der Waals surface area contributed by atoms with Crippen LogP contribution in [0.2, 0.25) is 0 Å². The molecule has 4 nitrogen and oxygen atoms in total. The van der Waals surface area contributed by atoms with Gasteiger partial charge in [-0.3, -0.25) is 4.68 Å². The van der Waals surface area contributed by atoms with Gasteiger partial charge in [-0.05, 0) is 13.8 Å². The maximum Gasteiger partial charge on any atom is 0.142 e. The quantitative estimate of drug-likeness (QED) is 0.710. The Bertz CT molecular complexity index is 319. The van der Waals surface area contributed by atoms with Crippen LogP contribution in [-0.4, -0.2) is 16.3 Å². The van der Waals surface area contributed by atoms with Crippen molar-refractivity contribution in [3.05, 3.63) is 11.3 Å². The van der Waals surface area contributed by atoms with Crippen LogP contribution in [0.5, 0.6) is 0 Å². The summed E-state index contributed by atoms with van der Waals surface area (Å²) in [6, 6.07) is 2.12. The summed E-state index contributed by atoms with van der Waals surface area (Å²) in [4.78, 5) is 0. The number of nitrogens with one attached hydrogen (secondary N) is 1. The van der Waals surface area contributed by atoms with Gasteiger partial charge in [0.25, 0.3) is 0 Å². The second-order valence-corrected chi connectivity index (χ2v) is 2.57. The van der Waals surface area contributed by atoms with Crippen molar-refractivity contribution in [2.45, 2.75) is 13.8 Å². The van der Waals surface area contributed by atoms with Crippen LogP contribution >= 0.6 is 0 Å². The van der Waals surface area contributed by atoms with Gasteiger partial charge in [0.05, 0.1) is 5.69 Å². The Hall–Kier alpha value is -1.50. The van der Waals surface area contributed by atoms with Gasteiger partial charge in [0.1, 0.15) is 17.5 Å². The minimum absolute atomic E-state index is 0.638. The first-order valence-electron chi connectivity index (χ1n) is 3.88. The van der Waals surface area contributed by atoms with Gasteiger partial charge in [-0.15, -0.1) is 0 Å². The highest BCUT2D eigenvalue weighted by atomic mass is 15.3. The monoisotopic (exact) mass is 164 g/mol. The molecule has 4 heteroatoms. The minimum atomic E-state index is 0.638. The number of rotatable bonds is 2. The van der Waals surface area contributed by atoms with E-state index in [1.165, 1.54) is 0 Å². The molecule has 0 spiro atoms. The van der Waals surface area contributed by atoms with E-state index >= 15 is 0 Å². The summed E-state index contributed by atoms with van der Waals surface area (Å²) in [7, 11) is 1.83. The Kier molecular flexibility index (Phi) is 2.34.